The molecule has 0 atom stereocenters. The summed E-state index contributed by atoms with van der Waals surface area (Å²) in [5.74, 6) is -0.827. The Morgan fingerprint density at radius 2 is 1.68 bits per heavy atom. The Labute approximate surface area is 235 Å². The van der Waals surface area contributed by atoms with E-state index in [1.807, 2.05) is 53.4 Å². The highest BCUT2D eigenvalue weighted by Gasteiger charge is 2.49. The third kappa shape index (κ3) is 6.70. The SMILES string of the molecule is CC(C)(C)C1(N(Cc2ccc(C(=O)NCCC(=O)O)cc2)C(=O)Nc2cc(-c3ccccc3)[nH]n2)CCCCC1. The number of aromatic nitrogens is 2. The van der Waals surface area contributed by atoms with E-state index < -0.39 is 5.97 Å². The fraction of sp³-hybridized carbons (Fsp3) is 0.419. The molecule has 2 aromatic carbocycles. The minimum atomic E-state index is -0.962. The summed E-state index contributed by atoms with van der Waals surface area (Å²) >= 11 is 0. The summed E-state index contributed by atoms with van der Waals surface area (Å²) in [4.78, 5) is 39.1. The molecule has 0 aliphatic heterocycles. The molecular formula is C31H39N5O4. The number of benzene rings is 2. The summed E-state index contributed by atoms with van der Waals surface area (Å²) in [5.41, 5.74) is 2.62. The average Bonchev–Trinajstić information content (AvgIpc) is 3.40. The standard InChI is InChI=1S/C31H39N5O4/c1-30(2,3)31(17-8-5-9-18-31)36(21-22-12-14-24(15-13-22)28(39)32-19-16-27(37)38)29(40)33-26-20-25(34-35-26)23-10-6-4-7-11-23/h4,6-7,10-15,20H,5,8-9,16-19,21H2,1-3H3,(H,32,39)(H,37,38)(H2,33,34,35,40). The van der Waals surface area contributed by atoms with Crippen LogP contribution in [0.4, 0.5) is 10.6 Å². The minimum absolute atomic E-state index is 0.0666. The monoisotopic (exact) mass is 545 g/mol. The Kier molecular flexibility index (Phi) is 8.92. The van der Waals surface area contributed by atoms with Gasteiger partial charge in [-0.15, -0.1) is 0 Å². The summed E-state index contributed by atoms with van der Waals surface area (Å²) < 4.78 is 0. The number of anilines is 1. The first-order chi connectivity index (χ1) is 19.1. The summed E-state index contributed by atoms with van der Waals surface area (Å²) in [6, 6.07) is 18.6. The molecule has 1 heterocycles. The van der Waals surface area contributed by atoms with Crippen LogP contribution in [-0.2, 0) is 11.3 Å². The first kappa shape index (κ1) is 28.9. The third-order valence-electron chi connectivity index (χ3n) is 7.92. The van der Waals surface area contributed by atoms with Crippen LogP contribution < -0.4 is 10.6 Å². The first-order valence-electron chi connectivity index (χ1n) is 13.9. The van der Waals surface area contributed by atoms with Gasteiger partial charge in [0.25, 0.3) is 5.91 Å². The Morgan fingerprint density at radius 3 is 2.30 bits per heavy atom. The molecule has 1 saturated carbocycles. The molecule has 0 unspecified atom stereocenters. The molecule has 3 amide bonds. The minimum Gasteiger partial charge on any atom is -0.481 e. The molecule has 0 bridgehead atoms. The number of aliphatic carboxylic acids is 1. The smallest absolute Gasteiger partial charge is 0.323 e. The Morgan fingerprint density at radius 1 is 1.00 bits per heavy atom. The van der Waals surface area contributed by atoms with Crippen molar-refractivity contribution in [3.63, 3.8) is 0 Å². The van der Waals surface area contributed by atoms with Crippen LogP contribution in [0.3, 0.4) is 0 Å². The first-order valence-corrected chi connectivity index (χ1v) is 13.9. The summed E-state index contributed by atoms with van der Waals surface area (Å²) in [5, 5.41) is 21.8. The van der Waals surface area contributed by atoms with Gasteiger partial charge in [-0.05, 0) is 41.5 Å². The number of hydrogen-bond acceptors (Lipinski definition) is 4. The quantitative estimate of drug-likeness (QED) is 0.260. The zero-order valence-corrected chi connectivity index (χ0v) is 23.5. The average molecular weight is 546 g/mol. The van der Waals surface area contributed by atoms with E-state index in [4.69, 9.17) is 5.11 Å². The molecule has 4 rings (SSSR count). The Hall–Kier alpha value is -4.14. The van der Waals surface area contributed by atoms with Gasteiger partial charge in [-0.3, -0.25) is 20.0 Å². The van der Waals surface area contributed by atoms with Crippen molar-refractivity contribution in [2.24, 2.45) is 5.41 Å². The number of nitrogens with one attached hydrogen (secondary N) is 3. The number of rotatable bonds is 9. The number of hydrogen-bond donors (Lipinski definition) is 4. The van der Waals surface area contributed by atoms with E-state index in [1.54, 1.807) is 12.1 Å². The van der Waals surface area contributed by atoms with Crippen LogP contribution in [0.1, 0.15) is 75.2 Å². The number of carbonyl (C=O) groups is 3. The maximum absolute atomic E-state index is 14.0. The zero-order chi connectivity index (χ0) is 28.8. The predicted molar refractivity (Wildman–Crippen MR) is 155 cm³/mol. The topological polar surface area (TPSA) is 127 Å². The lowest BCUT2D eigenvalue weighted by molar-refractivity contribution is -0.136. The fourth-order valence-electron chi connectivity index (χ4n) is 5.64. The normalized spacial score (nSPS) is 14.8. The van der Waals surface area contributed by atoms with Gasteiger partial charge < -0.3 is 15.3 Å². The summed E-state index contributed by atoms with van der Waals surface area (Å²) in [6.45, 7) is 7.04. The Bertz CT molecular complexity index is 1310. The van der Waals surface area contributed by atoms with Crippen LogP contribution >= 0.6 is 0 Å². The number of H-pyrrole nitrogens is 1. The Balaban J connectivity index is 1.57. The molecule has 212 valence electrons. The maximum atomic E-state index is 14.0. The fourth-order valence-corrected chi connectivity index (χ4v) is 5.64. The molecule has 0 saturated heterocycles. The number of nitrogens with zero attached hydrogens (tertiary/aromatic N) is 2. The van der Waals surface area contributed by atoms with Gasteiger partial charge in [0.1, 0.15) is 0 Å². The molecule has 9 heteroatoms. The molecule has 1 aliphatic rings. The van der Waals surface area contributed by atoms with E-state index in [0.717, 1.165) is 48.9 Å². The van der Waals surface area contributed by atoms with E-state index >= 15 is 0 Å². The van der Waals surface area contributed by atoms with Crippen LogP contribution in [0.2, 0.25) is 0 Å². The number of carboxylic acid groups (broad SMARTS) is 1. The number of aromatic amines is 1. The van der Waals surface area contributed by atoms with E-state index in [2.05, 4.69) is 41.6 Å². The lowest BCUT2D eigenvalue weighted by Gasteiger charge is -2.54. The molecule has 3 aromatic rings. The van der Waals surface area contributed by atoms with Gasteiger partial charge in [-0.25, -0.2) is 4.79 Å². The van der Waals surface area contributed by atoms with Gasteiger partial charge >= 0.3 is 12.0 Å². The van der Waals surface area contributed by atoms with E-state index in [1.165, 1.54) is 0 Å². The van der Waals surface area contributed by atoms with Gasteiger partial charge in [0.05, 0.1) is 12.1 Å². The predicted octanol–water partition coefficient (Wildman–Crippen LogP) is 6.06. The van der Waals surface area contributed by atoms with Crippen LogP contribution in [-0.4, -0.2) is 50.2 Å². The molecule has 1 aliphatic carbocycles. The van der Waals surface area contributed by atoms with Crippen molar-refractivity contribution < 1.29 is 19.5 Å². The second-order valence-electron chi connectivity index (χ2n) is 11.5. The zero-order valence-electron chi connectivity index (χ0n) is 23.5. The van der Waals surface area contributed by atoms with Crippen molar-refractivity contribution in [3.05, 3.63) is 71.8 Å². The molecule has 1 aromatic heterocycles. The highest BCUT2D eigenvalue weighted by molar-refractivity contribution is 5.94. The summed E-state index contributed by atoms with van der Waals surface area (Å²) in [6.07, 6.45) is 4.94. The number of carbonyl (C=O) groups excluding carboxylic acids is 2. The molecule has 0 radical (unpaired) electrons. The number of amides is 3. The van der Waals surface area contributed by atoms with Crippen LogP contribution in [0.15, 0.2) is 60.7 Å². The highest BCUT2D eigenvalue weighted by atomic mass is 16.4. The van der Waals surface area contributed by atoms with Crippen molar-refractivity contribution in [1.29, 1.82) is 0 Å². The lowest BCUT2D eigenvalue weighted by atomic mass is 9.64. The maximum Gasteiger partial charge on any atom is 0.323 e. The van der Waals surface area contributed by atoms with Crippen LogP contribution in [0.5, 0.6) is 0 Å². The van der Waals surface area contributed by atoms with Gasteiger partial charge in [0.15, 0.2) is 5.82 Å². The highest BCUT2D eigenvalue weighted by Crippen LogP contribution is 2.47. The number of carboxylic acids is 1. The van der Waals surface area contributed by atoms with E-state index in [9.17, 15) is 14.4 Å². The van der Waals surface area contributed by atoms with Crippen molar-refractivity contribution >= 4 is 23.7 Å². The van der Waals surface area contributed by atoms with E-state index in [-0.39, 0.29) is 35.9 Å². The molecule has 0 spiro atoms. The van der Waals surface area contributed by atoms with Gasteiger partial charge in [0.2, 0.25) is 0 Å². The van der Waals surface area contributed by atoms with Gasteiger partial charge in [-0.2, -0.15) is 5.10 Å². The second kappa shape index (κ2) is 12.4. The van der Waals surface area contributed by atoms with Crippen molar-refractivity contribution in [1.82, 2.24) is 20.4 Å². The lowest BCUT2D eigenvalue weighted by Crippen LogP contribution is -2.60. The van der Waals surface area contributed by atoms with Crippen molar-refractivity contribution in [2.45, 2.75) is 71.4 Å². The molecule has 40 heavy (non-hydrogen) atoms. The molecule has 1 fully saturated rings. The van der Waals surface area contributed by atoms with Gasteiger partial charge in [-0.1, -0.05) is 82.5 Å². The third-order valence-corrected chi connectivity index (χ3v) is 7.92. The van der Waals surface area contributed by atoms with Gasteiger partial charge in [0, 0.05) is 30.3 Å². The molecular weight excluding hydrogens is 506 g/mol. The van der Waals surface area contributed by atoms with Crippen LogP contribution in [0, 0.1) is 5.41 Å². The number of urea groups is 1. The largest absolute Gasteiger partial charge is 0.481 e. The van der Waals surface area contributed by atoms with E-state index in [0.29, 0.717) is 17.9 Å². The molecule has 4 N–H and O–H groups in total. The van der Waals surface area contributed by atoms with Crippen molar-refractivity contribution in [3.8, 4) is 11.3 Å². The second-order valence-corrected chi connectivity index (χ2v) is 11.5. The summed E-state index contributed by atoms with van der Waals surface area (Å²) in [7, 11) is 0. The van der Waals surface area contributed by atoms with Crippen LogP contribution in [0.25, 0.3) is 11.3 Å². The van der Waals surface area contributed by atoms with Crippen molar-refractivity contribution in [2.75, 3.05) is 11.9 Å². The molecule has 9 nitrogen and oxygen atoms in total.